The molecule has 0 aliphatic heterocycles. The van der Waals surface area contributed by atoms with Crippen LogP contribution in [0.15, 0.2) is 468 Å². The number of hydrogen-bond donors (Lipinski definition) is 0. The second-order valence-corrected chi connectivity index (χ2v) is 33.3. The van der Waals surface area contributed by atoms with Crippen LogP contribution >= 0.6 is 0 Å². The molecule has 0 aliphatic carbocycles. The molecule has 0 N–H and O–H groups in total. The molecule has 0 amide bonds. The van der Waals surface area contributed by atoms with Gasteiger partial charge in [0.25, 0.3) is 0 Å². The van der Waals surface area contributed by atoms with Crippen molar-refractivity contribution in [2.24, 2.45) is 0 Å². The largest absolute Gasteiger partial charge is 0.436 e. The molecule has 0 aliphatic rings. The van der Waals surface area contributed by atoms with Gasteiger partial charge in [-0.2, -0.15) is 0 Å². The molecule has 0 saturated carbocycles. The fourth-order valence-electron chi connectivity index (χ4n) is 17.2. The van der Waals surface area contributed by atoms with Crippen LogP contribution in [0.3, 0.4) is 0 Å². The van der Waals surface area contributed by atoms with Crippen molar-refractivity contribution in [2.75, 3.05) is 0 Å². The van der Waals surface area contributed by atoms with E-state index in [1.165, 1.54) is 16.3 Å². The number of benzene rings is 18. The maximum Gasteiger partial charge on any atom is 0.227 e. The summed E-state index contributed by atoms with van der Waals surface area (Å²) < 4.78 is 18.0. The van der Waals surface area contributed by atoms with E-state index in [2.05, 4.69) is 131 Å². The molecule has 26 rings (SSSR count). The summed E-state index contributed by atoms with van der Waals surface area (Å²) in [7, 11) is 0. The molecule has 139 heavy (non-hydrogen) atoms. The smallest absolute Gasteiger partial charge is 0.227 e. The Morgan fingerprint density at radius 1 is 0.122 bits per heavy atom. The van der Waals surface area contributed by atoms with E-state index in [0.29, 0.717) is 70.1 Å². The summed E-state index contributed by atoms with van der Waals surface area (Å²) in [5.41, 5.74) is 26.1. The van der Waals surface area contributed by atoms with Crippen LogP contribution in [0.1, 0.15) is 0 Å². The minimum absolute atomic E-state index is 0.554. The summed E-state index contributed by atoms with van der Waals surface area (Å²) >= 11 is 0. The number of fused-ring (bicyclic) bond motifs is 7. The molecule has 652 valence electrons. The Morgan fingerprint density at radius 2 is 0.367 bits per heavy atom. The maximum atomic E-state index is 6.07. The summed E-state index contributed by atoms with van der Waals surface area (Å²) in [4.78, 5) is 73.5. The first-order valence-corrected chi connectivity index (χ1v) is 45.5. The lowest BCUT2D eigenvalue weighted by Crippen LogP contribution is -2.00. The van der Waals surface area contributed by atoms with Gasteiger partial charge in [-0.05, 0) is 125 Å². The maximum absolute atomic E-state index is 6.07. The van der Waals surface area contributed by atoms with Gasteiger partial charge in [-0.3, -0.25) is 0 Å². The van der Waals surface area contributed by atoms with Gasteiger partial charge >= 0.3 is 0 Å². The average Bonchev–Trinajstić information content (AvgIpc) is 1.24. The van der Waals surface area contributed by atoms with Crippen LogP contribution in [0.25, 0.3) is 259 Å². The Bertz CT molecular complexity index is 8850. The third-order valence-electron chi connectivity index (χ3n) is 24.3. The predicted molar refractivity (Wildman–Crippen MR) is 553 cm³/mol. The summed E-state index contributed by atoms with van der Waals surface area (Å²) in [5, 5.41) is 5.41. The van der Waals surface area contributed by atoms with Gasteiger partial charge in [0.2, 0.25) is 17.7 Å². The van der Waals surface area contributed by atoms with Gasteiger partial charge in [0.05, 0.1) is 33.6 Å². The summed E-state index contributed by atoms with van der Waals surface area (Å²) in [6, 6.07) is 152. The first-order valence-electron chi connectivity index (χ1n) is 45.5. The lowest BCUT2D eigenvalue weighted by Gasteiger charge is -2.12. The summed E-state index contributed by atoms with van der Waals surface area (Å²) in [5.74, 6) is 7.36. The van der Waals surface area contributed by atoms with E-state index in [-0.39, 0.29) is 0 Å². The van der Waals surface area contributed by atoms with Crippen molar-refractivity contribution in [1.82, 2.24) is 74.8 Å². The first-order chi connectivity index (χ1) is 68.8. The second-order valence-electron chi connectivity index (χ2n) is 33.3. The van der Waals surface area contributed by atoms with Crippen LogP contribution in [0.5, 0.6) is 0 Å². The topological polar surface area (TPSA) is 233 Å². The van der Waals surface area contributed by atoms with Gasteiger partial charge in [-0.1, -0.05) is 352 Å². The number of nitrogens with zero attached hydrogens (tertiary/aromatic N) is 15. The molecule has 18 aromatic carbocycles. The van der Waals surface area contributed by atoms with Crippen molar-refractivity contribution >= 4 is 76.8 Å². The van der Waals surface area contributed by atoms with Crippen LogP contribution in [0.4, 0.5) is 0 Å². The molecule has 18 nitrogen and oxygen atoms in total. The standard InChI is InChI=1S/2C42H26N6O.C37H23N3O/c1-3-13-27(14-4-1)38-46-39(28-15-5-2-6-16-28)48-41(47-38)30-18-11-17-29(25-30)37-33-21-7-8-22-34(33)43-40(45-37)31-19-12-20-32(26-31)42-44-35-23-9-10-24-36(35)49-42;1-3-11-28(12-4-1)39-46-40(29-13-5-2-6-14-29)48-41(47-39)31-21-19-27(20-22-31)37-33-15-7-8-16-34(33)43-38(45-37)30-23-25-32(26-24-30)42-44-35-17-9-10-18-36(35)49-42;1-2-8-29-23-30(22-15-24(29)7-1)25-13-18-27(19-14-25)36-38-32-10-4-3-9-31(32)35(40-36)26-16-20-28(21-17-26)37-39-33-11-5-6-12-34(33)41-37/h2*1-26H;1-23H. The highest BCUT2D eigenvalue weighted by atomic mass is 16.4. The van der Waals surface area contributed by atoms with E-state index in [9.17, 15) is 0 Å². The van der Waals surface area contributed by atoms with E-state index in [4.69, 9.17) is 78.0 Å². The Morgan fingerprint density at radius 3 is 0.748 bits per heavy atom. The molecule has 8 aromatic heterocycles. The number of oxazole rings is 3. The Hall–Kier alpha value is -19.3. The zero-order valence-corrected chi connectivity index (χ0v) is 74.2. The highest BCUT2D eigenvalue weighted by Gasteiger charge is 2.23. The van der Waals surface area contributed by atoms with Crippen molar-refractivity contribution in [3.8, 4) is 182 Å². The SMILES string of the molecule is c1ccc(-c2nc(-c3ccccc3)nc(-c3ccc(-c4nc(-c5ccc(-c6nc7ccccc7o6)cc5)nc5ccccc45)cc3)n2)cc1.c1ccc(-c2nc(-c3ccccc3)nc(-c3cccc(-c4nc(-c5cccc(-c6nc7ccccc7o6)c5)nc5ccccc45)c3)n2)cc1.c1ccc2cc(-c3ccc(-c4nc(-c5ccc(-c6nc7ccccc7o6)cc5)c5ccccc5n4)cc3)ccc2c1. The number of rotatable bonds is 16. The lowest BCUT2D eigenvalue weighted by atomic mass is 10.00. The lowest BCUT2D eigenvalue weighted by molar-refractivity contribution is 0.619. The molecule has 18 heteroatoms. The van der Waals surface area contributed by atoms with Gasteiger partial charge in [0, 0.05) is 99.6 Å². The molecule has 0 bridgehead atoms. The van der Waals surface area contributed by atoms with Crippen molar-refractivity contribution in [2.45, 2.75) is 0 Å². The molecule has 8 heterocycles. The zero-order chi connectivity index (χ0) is 92.3. The van der Waals surface area contributed by atoms with Crippen LogP contribution in [-0.2, 0) is 0 Å². The molecular formula is C121H75N15O3. The van der Waals surface area contributed by atoms with E-state index in [1.54, 1.807) is 0 Å². The minimum atomic E-state index is 0.554. The van der Waals surface area contributed by atoms with Gasteiger partial charge in [0.1, 0.15) is 16.6 Å². The summed E-state index contributed by atoms with van der Waals surface area (Å²) in [6.45, 7) is 0. The van der Waals surface area contributed by atoms with Gasteiger partial charge < -0.3 is 13.3 Å². The fraction of sp³-hybridized carbons (Fsp3) is 0. The predicted octanol–water partition coefficient (Wildman–Crippen LogP) is 29.5. The molecule has 0 fully saturated rings. The number of hydrogen-bond acceptors (Lipinski definition) is 18. The van der Waals surface area contributed by atoms with Crippen molar-refractivity contribution in [3.05, 3.63) is 455 Å². The molecule has 0 atom stereocenters. The van der Waals surface area contributed by atoms with Gasteiger partial charge in [-0.25, -0.2) is 74.8 Å². The molecular weight excluding hydrogens is 1710 g/mol. The minimum Gasteiger partial charge on any atom is -0.436 e. The molecule has 0 saturated heterocycles. The molecule has 0 unspecified atom stereocenters. The third kappa shape index (κ3) is 17.2. The Kier molecular flexibility index (Phi) is 21.8. The third-order valence-corrected chi connectivity index (χ3v) is 24.3. The van der Waals surface area contributed by atoms with Crippen molar-refractivity contribution in [1.29, 1.82) is 0 Å². The van der Waals surface area contributed by atoms with Crippen LogP contribution < -0.4 is 0 Å². The van der Waals surface area contributed by atoms with E-state index >= 15 is 0 Å². The molecule has 26 aromatic rings. The average molecular weight is 1790 g/mol. The van der Waals surface area contributed by atoms with E-state index in [0.717, 1.165) is 172 Å². The normalized spacial score (nSPS) is 11.3. The second kappa shape index (κ2) is 36.7. The summed E-state index contributed by atoms with van der Waals surface area (Å²) in [6.07, 6.45) is 0. The van der Waals surface area contributed by atoms with Crippen molar-refractivity contribution < 1.29 is 13.3 Å². The van der Waals surface area contributed by atoms with E-state index < -0.39 is 0 Å². The Labute approximate surface area is 796 Å². The van der Waals surface area contributed by atoms with Crippen LogP contribution in [0.2, 0.25) is 0 Å². The quantitative estimate of drug-likeness (QED) is 0.0874. The fourth-order valence-corrected chi connectivity index (χ4v) is 17.2. The number of aromatic nitrogens is 15. The number of para-hydroxylation sites is 9. The van der Waals surface area contributed by atoms with Gasteiger partial charge in [0.15, 0.2) is 69.2 Å². The highest BCUT2D eigenvalue weighted by Crippen LogP contribution is 2.40. The monoisotopic (exact) mass is 1790 g/mol. The van der Waals surface area contributed by atoms with Crippen molar-refractivity contribution in [3.63, 3.8) is 0 Å². The van der Waals surface area contributed by atoms with Crippen LogP contribution in [0, 0.1) is 0 Å². The Balaban J connectivity index is 0.000000114. The van der Waals surface area contributed by atoms with E-state index in [1.807, 2.05) is 334 Å². The molecule has 0 radical (unpaired) electrons. The van der Waals surface area contributed by atoms with Crippen LogP contribution in [-0.4, -0.2) is 74.8 Å². The zero-order valence-electron chi connectivity index (χ0n) is 74.2. The highest BCUT2D eigenvalue weighted by molar-refractivity contribution is 5.98. The molecule has 0 spiro atoms. The first kappa shape index (κ1) is 82.8. The van der Waals surface area contributed by atoms with Gasteiger partial charge in [-0.15, -0.1) is 0 Å².